The van der Waals surface area contributed by atoms with Crippen LogP contribution in [0.2, 0.25) is 0 Å². The molecule has 1 aromatic carbocycles. The number of hydrogen-bond acceptors (Lipinski definition) is 6. The van der Waals surface area contributed by atoms with E-state index in [4.69, 9.17) is 13.9 Å². The second-order valence-corrected chi connectivity index (χ2v) is 7.69. The van der Waals surface area contributed by atoms with Gasteiger partial charge >= 0.3 is 0 Å². The van der Waals surface area contributed by atoms with Gasteiger partial charge in [0.2, 0.25) is 0 Å². The van der Waals surface area contributed by atoms with Crippen molar-refractivity contribution in [2.45, 2.75) is 32.2 Å². The lowest BCUT2D eigenvalue weighted by Gasteiger charge is -2.28. The molecular weight excluding hydrogens is 344 g/mol. The number of furan rings is 1. The van der Waals surface area contributed by atoms with Crippen LogP contribution in [0.5, 0.6) is 5.75 Å². The SMILES string of the molecule is COCc1ccc(CN2CCOc3ccc(C(C)(O)CN(C)C)cc3C2)o1. The minimum atomic E-state index is -0.911. The molecule has 148 valence electrons. The van der Waals surface area contributed by atoms with Crippen molar-refractivity contribution in [1.82, 2.24) is 9.80 Å². The number of aliphatic hydroxyl groups is 1. The summed E-state index contributed by atoms with van der Waals surface area (Å²) in [7, 11) is 5.59. The predicted molar refractivity (Wildman–Crippen MR) is 104 cm³/mol. The van der Waals surface area contributed by atoms with Crippen LogP contribution in [0.1, 0.15) is 29.6 Å². The van der Waals surface area contributed by atoms with Crippen molar-refractivity contribution in [3.8, 4) is 5.75 Å². The van der Waals surface area contributed by atoms with Crippen LogP contribution in [0.25, 0.3) is 0 Å². The van der Waals surface area contributed by atoms with Crippen LogP contribution in [-0.4, -0.2) is 55.8 Å². The molecule has 2 heterocycles. The summed E-state index contributed by atoms with van der Waals surface area (Å²) in [6.45, 7) is 5.81. The number of nitrogens with zero attached hydrogens (tertiary/aromatic N) is 2. The molecule has 3 rings (SSSR count). The number of ether oxygens (including phenoxy) is 2. The van der Waals surface area contributed by atoms with Gasteiger partial charge in [-0.2, -0.15) is 0 Å². The van der Waals surface area contributed by atoms with Gasteiger partial charge in [-0.3, -0.25) is 4.90 Å². The fourth-order valence-corrected chi connectivity index (χ4v) is 3.57. The Morgan fingerprint density at radius 1 is 1.22 bits per heavy atom. The molecule has 0 spiro atoms. The van der Waals surface area contributed by atoms with E-state index in [2.05, 4.69) is 11.0 Å². The normalized spacial score (nSPS) is 17.3. The Labute approximate surface area is 161 Å². The molecule has 1 aliphatic rings. The summed E-state index contributed by atoms with van der Waals surface area (Å²) in [6.07, 6.45) is 0. The highest BCUT2D eigenvalue weighted by Crippen LogP contribution is 2.30. The number of likely N-dealkylation sites (N-methyl/N-ethyl adjacent to an activating group) is 1. The van der Waals surface area contributed by atoms with Crippen LogP contribution >= 0.6 is 0 Å². The number of hydrogen-bond donors (Lipinski definition) is 1. The van der Waals surface area contributed by atoms with Gasteiger partial charge in [-0.25, -0.2) is 0 Å². The first-order chi connectivity index (χ1) is 12.9. The van der Waals surface area contributed by atoms with Gasteiger partial charge in [0.05, 0.1) is 12.1 Å². The third-order valence-electron chi connectivity index (χ3n) is 4.75. The number of benzene rings is 1. The van der Waals surface area contributed by atoms with Crippen LogP contribution in [0.15, 0.2) is 34.7 Å². The molecular formula is C21H30N2O4. The maximum absolute atomic E-state index is 10.9. The molecule has 0 amide bonds. The zero-order valence-electron chi connectivity index (χ0n) is 16.7. The smallest absolute Gasteiger partial charge is 0.129 e. The monoisotopic (exact) mass is 374 g/mol. The molecule has 6 heteroatoms. The van der Waals surface area contributed by atoms with Crippen molar-refractivity contribution in [3.05, 3.63) is 53.0 Å². The van der Waals surface area contributed by atoms with Crippen molar-refractivity contribution in [3.63, 3.8) is 0 Å². The predicted octanol–water partition coefficient (Wildman–Crippen LogP) is 2.59. The fraction of sp³-hybridized carbons (Fsp3) is 0.524. The average molecular weight is 374 g/mol. The third kappa shape index (κ3) is 5.11. The van der Waals surface area contributed by atoms with E-state index in [0.717, 1.165) is 41.5 Å². The molecule has 0 saturated carbocycles. The lowest BCUT2D eigenvalue weighted by Crippen LogP contribution is -2.34. The topological polar surface area (TPSA) is 58.3 Å². The first kappa shape index (κ1) is 19.9. The zero-order chi connectivity index (χ0) is 19.4. The first-order valence-electron chi connectivity index (χ1n) is 9.29. The minimum Gasteiger partial charge on any atom is -0.492 e. The summed E-state index contributed by atoms with van der Waals surface area (Å²) in [4.78, 5) is 4.29. The van der Waals surface area contributed by atoms with Gasteiger partial charge < -0.3 is 23.9 Å². The molecule has 1 aromatic heterocycles. The Kier molecular flexibility index (Phi) is 6.22. The molecule has 0 aliphatic carbocycles. The maximum atomic E-state index is 10.9. The van der Waals surface area contributed by atoms with E-state index in [9.17, 15) is 5.11 Å². The molecule has 1 N–H and O–H groups in total. The van der Waals surface area contributed by atoms with E-state index in [1.165, 1.54) is 0 Å². The van der Waals surface area contributed by atoms with E-state index in [1.54, 1.807) is 7.11 Å². The second kappa shape index (κ2) is 8.44. The molecule has 0 fully saturated rings. The van der Waals surface area contributed by atoms with Crippen LogP contribution < -0.4 is 4.74 Å². The molecule has 2 aromatic rings. The van der Waals surface area contributed by atoms with E-state index >= 15 is 0 Å². The molecule has 1 aliphatic heterocycles. The summed E-state index contributed by atoms with van der Waals surface area (Å²) >= 11 is 0. The number of fused-ring (bicyclic) bond motifs is 1. The van der Waals surface area contributed by atoms with Crippen LogP contribution in [-0.2, 0) is 30.0 Å². The molecule has 0 bridgehead atoms. The average Bonchev–Trinajstić information content (AvgIpc) is 2.92. The lowest BCUT2D eigenvalue weighted by molar-refractivity contribution is 0.0299. The number of rotatable bonds is 7. The van der Waals surface area contributed by atoms with Crippen molar-refractivity contribution in [1.29, 1.82) is 0 Å². The summed E-state index contributed by atoms with van der Waals surface area (Å²) in [6, 6.07) is 9.95. The Bertz CT molecular complexity index is 754. The van der Waals surface area contributed by atoms with Gasteiger partial charge in [0.15, 0.2) is 0 Å². The largest absolute Gasteiger partial charge is 0.492 e. The standard InChI is InChI=1S/C21H30N2O4/c1-21(24,15-22(2)3)17-5-8-20-16(11-17)12-23(9-10-26-20)13-18-6-7-19(27-18)14-25-4/h5-8,11,24H,9-10,12-15H2,1-4H3. The van der Waals surface area contributed by atoms with Crippen molar-refractivity contribution < 1.29 is 19.0 Å². The Balaban J connectivity index is 1.75. The van der Waals surface area contributed by atoms with Crippen LogP contribution in [0.4, 0.5) is 0 Å². The minimum absolute atomic E-state index is 0.482. The van der Waals surface area contributed by atoms with Gasteiger partial charge in [-0.05, 0) is 50.8 Å². The van der Waals surface area contributed by atoms with Crippen LogP contribution in [0, 0.1) is 0 Å². The van der Waals surface area contributed by atoms with Gasteiger partial charge in [0.25, 0.3) is 0 Å². The van der Waals surface area contributed by atoms with Gasteiger partial charge in [-0.1, -0.05) is 6.07 Å². The maximum Gasteiger partial charge on any atom is 0.129 e. The summed E-state index contributed by atoms with van der Waals surface area (Å²) < 4.78 is 16.9. The molecule has 0 radical (unpaired) electrons. The van der Waals surface area contributed by atoms with Crippen molar-refractivity contribution >= 4 is 0 Å². The van der Waals surface area contributed by atoms with Crippen molar-refractivity contribution in [2.24, 2.45) is 0 Å². The van der Waals surface area contributed by atoms with Gasteiger partial charge in [0.1, 0.15) is 30.5 Å². The molecule has 0 saturated heterocycles. The van der Waals surface area contributed by atoms with Crippen molar-refractivity contribution in [2.75, 3.05) is 40.9 Å². The highest BCUT2D eigenvalue weighted by Gasteiger charge is 2.26. The van der Waals surface area contributed by atoms with E-state index in [0.29, 0.717) is 26.3 Å². The summed E-state index contributed by atoms with van der Waals surface area (Å²) in [5, 5.41) is 10.9. The molecule has 1 unspecified atom stereocenters. The van der Waals surface area contributed by atoms with Crippen LogP contribution in [0.3, 0.4) is 0 Å². The highest BCUT2D eigenvalue weighted by atomic mass is 16.5. The Morgan fingerprint density at radius 3 is 2.74 bits per heavy atom. The van der Waals surface area contributed by atoms with E-state index in [-0.39, 0.29) is 0 Å². The molecule has 27 heavy (non-hydrogen) atoms. The summed E-state index contributed by atoms with van der Waals surface area (Å²) in [5.74, 6) is 2.64. The third-order valence-corrected chi connectivity index (χ3v) is 4.75. The van der Waals surface area contributed by atoms with E-state index in [1.807, 2.05) is 50.2 Å². The summed E-state index contributed by atoms with van der Waals surface area (Å²) in [5.41, 5.74) is 1.08. The second-order valence-electron chi connectivity index (χ2n) is 7.69. The number of methoxy groups -OCH3 is 1. The van der Waals surface area contributed by atoms with Gasteiger partial charge in [0, 0.05) is 32.3 Å². The first-order valence-corrected chi connectivity index (χ1v) is 9.29. The fourth-order valence-electron chi connectivity index (χ4n) is 3.57. The Morgan fingerprint density at radius 2 is 2.00 bits per heavy atom. The molecule has 6 nitrogen and oxygen atoms in total. The Hall–Kier alpha value is -1.86. The highest BCUT2D eigenvalue weighted by molar-refractivity contribution is 5.40. The quantitative estimate of drug-likeness (QED) is 0.804. The van der Waals surface area contributed by atoms with E-state index < -0.39 is 5.60 Å². The lowest BCUT2D eigenvalue weighted by atomic mass is 9.93. The van der Waals surface area contributed by atoms with Gasteiger partial charge in [-0.15, -0.1) is 0 Å². The molecule has 1 atom stereocenters. The zero-order valence-corrected chi connectivity index (χ0v) is 16.7.